The number of hydrogen-bond acceptors (Lipinski definition) is 2. The maximum atomic E-state index is 10.1. The monoisotopic (exact) mass is 282 g/mol. The number of hydrogen-bond donors (Lipinski definition) is 1. The molecule has 0 unspecified atom stereocenters. The highest BCUT2D eigenvalue weighted by Crippen LogP contribution is 2.32. The molecule has 21 heavy (non-hydrogen) atoms. The summed E-state index contributed by atoms with van der Waals surface area (Å²) in [5, 5.41) is 10.1. The molecule has 0 radical (unpaired) electrons. The van der Waals surface area contributed by atoms with Crippen LogP contribution in [-0.2, 0) is 13.0 Å². The van der Waals surface area contributed by atoms with Gasteiger partial charge in [0.1, 0.15) is 12.4 Å². The largest absolute Gasteiger partial charge is 0.489 e. The fourth-order valence-electron chi connectivity index (χ4n) is 3.16. The minimum Gasteiger partial charge on any atom is -0.489 e. The van der Waals surface area contributed by atoms with E-state index in [0.717, 1.165) is 30.6 Å². The van der Waals surface area contributed by atoms with E-state index < -0.39 is 0 Å². The van der Waals surface area contributed by atoms with Crippen molar-refractivity contribution in [2.24, 2.45) is 0 Å². The van der Waals surface area contributed by atoms with E-state index in [-0.39, 0.29) is 6.10 Å². The zero-order valence-electron chi connectivity index (χ0n) is 12.7. The van der Waals surface area contributed by atoms with Crippen LogP contribution < -0.4 is 4.74 Å². The second kappa shape index (κ2) is 5.90. The van der Waals surface area contributed by atoms with Crippen molar-refractivity contribution < 1.29 is 9.84 Å². The number of aliphatic hydroxyl groups is 1. The van der Waals surface area contributed by atoms with E-state index in [1.165, 1.54) is 22.3 Å². The van der Waals surface area contributed by atoms with Gasteiger partial charge < -0.3 is 9.84 Å². The molecule has 0 bridgehead atoms. The normalized spacial score (nSPS) is 17.4. The molecule has 110 valence electrons. The Balaban J connectivity index is 1.75. The summed E-state index contributed by atoms with van der Waals surface area (Å²) < 4.78 is 5.91. The van der Waals surface area contributed by atoms with Gasteiger partial charge in [-0.25, -0.2) is 0 Å². The van der Waals surface area contributed by atoms with Crippen molar-refractivity contribution in [3.05, 3.63) is 64.2 Å². The topological polar surface area (TPSA) is 29.5 Å². The fourth-order valence-corrected chi connectivity index (χ4v) is 3.16. The van der Waals surface area contributed by atoms with Crippen LogP contribution in [0.5, 0.6) is 5.75 Å². The average Bonchev–Trinajstić information content (AvgIpc) is 2.45. The second-order valence-corrected chi connectivity index (χ2v) is 6.05. The highest BCUT2D eigenvalue weighted by atomic mass is 16.5. The standard InChI is InChI=1S/C19H22O2/c1-13-8-14(2)10-15(9-13)12-21-17-7-6-16-4-3-5-19(20)18(16)11-17/h6-11,19-20H,3-5,12H2,1-2H3/t19-/m1/s1. The van der Waals surface area contributed by atoms with E-state index >= 15 is 0 Å². The Morgan fingerprint density at radius 3 is 2.62 bits per heavy atom. The Morgan fingerprint density at radius 2 is 1.86 bits per heavy atom. The van der Waals surface area contributed by atoms with Crippen molar-refractivity contribution in [1.82, 2.24) is 0 Å². The summed E-state index contributed by atoms with van der Waals surface area (Å²) in [6.07, 6.45) is 2.65. The molecule has 0 saturated carbocycles. The Hall–Kier alpha value is -1.80. The molecular formula is C19H22O2. The Bertz CT molecular complexity index is 626. The summed E-state index contributed by atoms with van der Waals surface area (Å²) in [5.74, 6) is 0.842. The van der Waals surface area contributed by atoms with E-state index in [1.807, 2.05) is 12.1 Å². The van der Waals surface area contributed by atoms with Crippen molar-refractivity contribution in [2.45, 2.75) is 45.8 Å². The van der Waals surface area contributed by atoms with Crippen LogP contribution in [0.1, 0.15) is 46.8 Å². The third-order valence-electron chi connectivity index (χ3n) is 4.09. The molecule has 0 amide bonds. The highest BCUT2D eigenvalue weighted by Gasteiger charge is 2.18. The molecule has 1 aliphatic carbocycles. The molecule has 3 rings (SSSR count). The highest BCUT2D eigenvalue weighted by molar-refractivity contribution is 5.38. The third-order valence-corrected chi connectivity index (χ3v) is 4.09. The van der Waals surface area contributed by atoms with Gasteiger partial charge in [0.2, 0.25) is 0 Å². The van der Waals surface area contributed by atoms with Gasteiger partial charge >= 0.3 is 0 Å². The first kappa shape index (κ1) is 14.2. The zero-order chi connectivity index (χ0) is 14.8. The molecule has 0 aromatic heterocycles. The number of ether oxygens (including phenoxy) is 1. The molecule has 0 saturated heterocycles. The first-order valence-corrected chi connectivity index (χ1v) is 7.63. The van der Waals surface area contributed by atoms with E-state index in [0.29, 0.717) is 6.61 Å². The smallest absolute Gasteiger partial charge is 0.120 e. The van der Waals surface area contributed by atoms with Gasteiger partial charge in [-0.3, -0.25) is 0 Å². The lowest BCUT2D eigenvalue weighted by Crippen LogP contribution is -2.09. The molecular weight excluding hydrogens is 260 g/mol. The first-order chi connectivity index (χ1) is 10.1. The Morgan fingerprint density at radius 1 is 1.10 bits per heavy atom. The van der Waals surface area contributed by atoms with Gasteiger partial charge in [0.25, 0.3) is 0 Å². The van der Waals surface area contributed by atoms with Crippen molar-refractivity contribution >= 4 is 0 Å². The van der Waals surface area contributed by atoms with Crippen LogP contribution in [-0.4, -0.2) is 5.11 Å². The van der Waals surface area contributed by atoms with Crippen molar-refractivity contribution in [2.75, 3.05) is 0 Å². The van der Waals surface area contributed by atoms with E-state index in [9.17, 15) is 5.11 Å². The van der Waals surface area contributed by atoms with E-state index in [4.69, 9.17) is 4.74 Å². The lowest BCUT2D eigenvalue weighted by atomic mass is 9.89. The Kier molecular flexibility index (Phi) is 3.98. The van der Waals surface area contributed by atoms with Gasteiger partial charge in [-0.15, -0.1) is 0 Å². The molecule has 2 heteroatoms. The van der Waals surface area contributed by atoms with Gasteiger partial charge in [-0.05, 0) is 61.9 Å². The van der Waals surface area contributed by atoms with Gasteiger partial charge in [0.15, 0.2) is 0 Å². The number of rotatable bonds is 3. The molecule has 1 aliphatic rings. The molecule has 0 aliphatic heterocycles. The summed E-state index contributed by atoms with van der Waals surface area (Å²) in [6, 6.07) is 12.6. The Labute approximate surface area is 126 Å². The van der Waals surface area contributed by atoms with Crippen LogP contribution in [0, 0.1) is 13.8 Å². The van der Waals surface area contributed by atoms with Crippen LogP contribution >= 0.6 is 0 Å². The predicted octanol–water partition coefficient (Wildman–Crippen LogP) is 4.25. The zero-order valence-corrected chi connectivity index (χ0v) is 12.7. The van der Waals surface area contributed by atoms with Crippen LogP contribution in [0.4, 0.5) is 0 Å². The van der Waals surface area contributed by atoms with Crippen molar-refractivity contribution in [1.29, 1.82) is 0 Å². The van der Waals surface area contributed by atoms with E-state index in [1.54, 1.807) is 0 Å². The summed E-state index contributed by atoms with van der Waals surface area (Å²) in [7, 11) is 0. The van der Waals surface area contributed by atoms with Crippen LogP contribution in [0.2, 0.25) is 0 Å². The summed E-state index contributed by atoms with van der Waals surface area (Å²) in [4.78, 5) is 0. The molecule has 1 N–H and O–H groups in total. The summed E-state index contributed by atoms with van der Waals surface area (Å²) >= 11 is 0. The summed E-state index contributed by atoms with van der Waals surface area (Å²) in [5.41, 5.74) is 6.00. The van der Waals surface area contributed by atoms with Crippen LogP contribution in [0.25, 0.3) is 0 Å². The number of aryl methyl sites for hydroxylation is 3. The molecule has 1 atom stereocenters. The van der Waals surface area contributed by atoms with Gasteiger partial charge in [0, 0.05) is 0 Å². The summed E-state index contributed by atoms with van der Waals surface area (Å²) in [6.45, 7) is 4.77. The number of fused-ring (bicyclic) bond motifs is 1. The average molecular weight is 282 g/mol. The lowest BCUT2D eigenvalue weighted by Gasteiger charge is -2.22. The predicted molar refractivity (Wildman–Crippen MR) is 84.6 cm³/mol. The maximum absolute atomic E-state index is 10.1. The van der Waals surface area contributed by atoms with Crippen molar-refractivity contribution in [3.8, 4) is 5.75 Å². The van der Waals surface area contributed by atoms with Gasteiger partial charge in [-0.1, -0.05) is 35.4 Å². The minimum absolute atomic E-state index is 0.335. The quantitative estimate of drug-likeness (QED) is 0.911. The van der Waals surface area contributed by atoms with Crippen LogP contribution in [0.3, 0.4) is 0 Å². The van der Waals surface area contributed by atoms with Crippen LogP contribution in [0.15, 0.2) is 36.4 Å². The molecule has 2 nitrogen and oxygen atoms in total. The second-order valence-electron chi connectivity index (χ2n) is 6.05. The lowest BCUT2D eigenvalue weighted by molar-refractivity contribution is 0.156. The first-order valence-electron chi connectivity index (χ1n) is 7.63. The minimum atomic E-state index is -0.335. The fraction of sp³-hybridized carbons (Fsp3) is 0.368. The molecule has 2 aromatic rings. The van der Waals surface area contributed by atoms with Gasteiger partial charge in [-0.2, -0.15) is 0 Å². The van der Waals surface area contributed by atoms with E-state index in [2.05, 4.69) is 38.1 Å². The SMILES string of the molecule is Cc1cc(C)cc(COc2ccc3c(c2)[C@H](O)CCC3)c1. The molecule has 0 spiro atoms. The molecule has 2 aromatic carbocycles. The van der Waals surface area contributed by atoms with Crippen molar-refractivity contribution in [3.63, 3.8) is 0 Å². The number of aliphatic hydroxyl groups excluding tert-OH is 1. The van der Waals surface area contributed by atoms with Gasteiger partial charge in [0.05, 0.1) is 6.10 Å². The number of benzene rings is 2. The molecule has 0 fully saturated rings. The maximum Gasteiger partial charge on any atom is 0.120 e. The third kappa shape index (κ3) is 3.27. The molecule has 0 heterocycles.